The molecule has 3 aromatic rings. The van der Waals surface area contributed by atoms with Crippen molar-refractivity contribution in [1.29, 1.82) is 0 Å². The average Bonchev–Trinajstić information content (AvgIpc) is 3.49. The molecule has 0 unspecified atom stereocenters. The standard InChI is InChI=1S/C20H17ClN2O.C2H6/c21-16-5-6-18-19(10-16)23-12-15(20(18)14-3-4-14)9-17(24)8-13-2-1-7-22-11-13;1-2/h1-2,5-7,10-12,14H,3-4,8-9H2;1-2H3. The highest BCUT2D eigenvalue weighted by Crippen LogP contribution is 2.45. The first-order chi connectivity index (χ1) is 12.7. The molecule has 0 N–H and O–H groups in total. The Bertz CT molecular complexity index is 905. The van der Waals surface area contributed by atoms with Crippen LogP contribution >= 0.6 is 11.6 Å². The molecule has 0 radical (unpaired) electrons. The zero-order valence-corrected chi connectivity index (χ0v) is 16.0. The molecule has 1 saturated carbocycles. The molecule has 0 amide bonds. The van der Waals surface area contributed by atoms with Gasteiger partial charge in [-0.25, -0.2) is 0 Å². The van der Waals surface area contributed by atoms with E-state index in [1.165, 1.54) is 18.4 Å². The topological polar surface area (TPSA) is 42.9 Å². The minimum atomic E-state index is 0.194. The van der Waals surface area contributed by atoms with E-state index in [2.05, 4.69) is 9.97 Å². The van der Waals surface area contributed by atoms with Crippen molar-refractivity contribution < 1.29 is 4.79 Å². The number of pyridine rings is 2. The summed E-state index contributed by atoms with van der Waals surface area (Å²) in [5.41, 5.74) is 4.21. The van der Waals surface area contributed by atoms with Crippen LogP contribution in [-0.2, 0) is 17.6 Å². The van der Waals surface area contributed by atoms with Crippen LogP contribution in [0.3, 0.4) is 0 Å². The number of carbonyl (C=O) groups is 1. The Balaban J connectivity index is 0.000000948. The number of Topliss-reactive ketones (excluding diaryl/α,β-unsaturated/α-hetero) is 1. The SMILES string of the molecule is CC.O=C(Cc1cccnc1)Cc1cnc2cc(Cl)ccc2c1C1CC1. The molecule has 1 aromatic carbocycles. The molecular weight excluding hydrogens is 344 g/mol. The second-order valence-corrected chi connectivity index (χ2v) is 6.82. The van der Waals surface area contributed by atoms with Crippen molar-refractivity contribution >= 4 is 28.3 Å². The van der Waals surface area contributed by atoms with Crippen LogP contribution in [0, 0.1) is 0 Å². The molecule has 1 fully saturated rings. The fourth-order valence-corrected chi connectivity index (χ4v) is 3.40. The second kappa shape index (κ2) is 8.41. The molecule has 2 aromatic heterocycles. The van der Waals surface area contributed by atoms with Crippen molar-refractivity contribution in [2.75, 3.05) is 0 Å². The van der Waals surface area contributed by atoms with Crippen molar-refractivity contribution in [3.8, 4) is 0 Å². The summed E-state index contributed by atoms with van der Waals surface area (Å²) in [4.78, 5) is 21.1. The summed E-state index contributed by atoms with van der Waals surface area (Å²) in [7, 11) is 0. The quantitative estimate of drug-likeness (QED) is 0.595. The van der Waals surface area contributed by atoms with Crippen LogP contribution in [0.4, 0.5) is 0 Å². The molecule has 0 saturated heterocycles. The smallest absolute Gasteiger partial charge is 0.141 e. The van der Waals surface area contributed by atoms with Crippen molar-refractivity contribution in [1.82, 2.24) is 9.97 Å². The Hall–Kier alpha value is -2.26. The summed E-state index contributed by atoms with van der Waals surface area (Å²) in [6.07, 6.45) is 8.53. The Morgan fingerprint density at radius 1 is 1.15 bits per heavy atom. The van der Waals surface area contributed by atoms with Crippen molar-refractivity contribution in [3.05, 3.63) is 70.6 Å². The fourth-order valence-electron chi connectivity index (χ4n) is 3.23. The van der Waals surface area contributed by atoms with Gasteiger partial charge in [0.2, 0.25) is 0 Å². The third-order valence-electron chi connectivity index (χ3n) is 4.45. The monoisotopic (exact) mass is 366 g/mol. The maximum absolute atomic E-state index is 12.5. The van der Waals surface area contributed by atoms with Crippen molar-refractivity contribution in [2.45, 2.75) is 45.4 Å². The minimum Gasteiger partial charge on any atom is -0.299 e. The molecule has 2 heterocycles. The number of rotatable bonds is 5. The van der Waals surface area contributed by atoms with E-state index in [0.717, 1.165) is 22.0 Å². The summed E-state index contributed by atoms with van der Waals surface area (Å²) >= 11 is 6.08. The largest absolute Gasteiger partial charge is 0.299 e. The van der Waals surface area contributed by atoms with E-state index >= 15 is 0 Å². The first-order valence-corrected chi connectivity index (χ1v) is 9.56. The highest BCUT2D eigenvalue weighted by molar-refractivity contribution is 6.31. The summed E-state index contributed by atoms with van der Waals surface area (Å²) in [6, 6.07) is 9.63. The predicted molar refractivity (Wildman–Crippen MR) is 107 cm³/mol. The molecule has 0 bridgehead atoms. The van der Waals surface area contributed by atoms with Gasteiger partial charge in [0.1, 0.15) is 5.78 Å². The number of benzene rings is 1. The normalized spacial score (nSPS) is 13.2. The fraction of sp³-hybridized carbons (Fsp3) is 0.318. The molecule has 3 nitrogen and oxygen atoms in total. The lowest BCUT2D eigenvalue weighted by Gasteiger charge is -2.12. The minimum absolute atomic E-state index is 0.194. The zero-order chi connectivity index (χ0) is 18.5. The van der Waals surface area contributed by atoms with E-state index < -0.39 is 0 Å². The Labute approximate surface area is 159 Å². The first-order valence-electron chi connectivity index (χ1n) is 9.18. The average molecular weight is 367 g/mol. The number of hydrogen-bond acceptors (Lipinski definition) is 3. The van der Waals surface area contributed by atoms with Crippen molar-refractivity contribution in [2.24, 2.45) is 0 Å². The van der Waals surface area contributed by atoms with E-state index in [9.17, 15) is 4.79 Å². The Morgan fingerprint density at radius 2 is 1.96 bits per heavy atom. The van der Waals surface area contributed by atoms with Gasteiger partial charge in [-0.05, 0) is 53.6 Å². The number of carbonyl (C=O) groups excluding carboxylic acids is 1. The Morgan fingerprint density at radius 3 is 2.65 bits per heavy atom. The molecule has 4 rings (SSSR count). The summed E-state index contributed by atoms with van der Waals surface area (Å²) < 4.78 is 0. The van der Waals surface area contributed by atoms with Gasteiger partial charge < -0.3 is 0 Å². The number of nitrogens with zero attached hydrogens (tertiary/aromatic N) is 2. The summed E-state index contributed by atoms with van der Waals surface area (Å²) in [5.74, 6) is 0.748. The molecule has 1 aliphatic rings. The molecule has 0 aliphatic heterocycles. The van der Waals surface area contributed by atoms with Crippen LogP contribution in [0.2, 0.25) is 5.02 Å². The summed E-state index contributed by atoms with van der Waals surface area (Å²) in [6.45, 7) is 4.00. The van der Waals surface area contributed by atoms with E-state index in [-0.39, 0.29) is 5.78 Å². The number of halogens is 1. The van der Waals surface area contributed by atoms with Gasteiger partial charge in [0, 0.05) is 41.8 Å². The van der Waals surface area contributed by atoms with E-state index in [4.69, 9.17) is 11.6 Å². The van der Waals surface area contributed by atoms with Crippen LogP contribution in [-0.4, -0.2) is 15.8 Å². The van der Waals surface area contributed by atoms with Gasteiger partial charge in [0.05, 0.1) is 5.52 Å². The van der Waals surface area contributed by atoms with E-state index in [1.807, 2.05) is 50.4 Å². The van der Waals surface area contributed by atoms with Crippen LogP contribution in [0.25, 0.3) is 10.9 Å². The highest BCUT2D eigenvalue weighted by Gasteiger charge is 2.28. The van der Waals surface area contributed by atoms with Gasteiger partial charge >= 0.3 is 0 Å². The molecule has 4 heteroatoms. The molecule has 0 atom stereocenters. The number of aromatic nitrogens is 2. The van der Waals surface area contributed by atoms with Gasteiger partial charge in [-0.2, -0.15) is 0 Å². The van der Waals surface area contributed by atoms with Gasteiger partial charge in [-0.15, -0.1) is 0 Å². The van der Waals surface area contributed by atoms with Gasteiger partial charge in [-0.1, -0.05) is 37.6 Å². The lowest BCUT2D eigenvalue weighted by molar-refractivity contribution is -0.117. The number of hydrogen-bond donors (Lipinski definition) is 0. The van der Waals surface area contributed by atoms with Gasteiger partial charge in [0.15, 0.2) is 0 Å². The first kappa shape index (κ1) is 18.5. The highest BCUT2D eigenvalue weighted by atomic mass is 35.5. The zero-order valence-electron chi connectivity index (χ0n) is 15.2. The molecule has 26 heavy (non-hydrogen) atoms. The third kappa shape index (κ3) is 4.28. The van der Waals surface area contributed by atoms with Crippen molar-refractivity contribution in [3.63, 3.8) is 0 Å². The molecular formula is C22H23ClN2O. The van der Waals surface area contributed by atoms with E-state index in [0.29, 0.717) is 23.8 Å². The maximum atomic E-state index is 12.5. The van der Waals surface area contributed by atoms with Crippen LogP contribution in [0.1, 0.15) is 49.3 Å². The van der Waals surface area contributed by atoms with E-state index in [1.54, 1.807) is 12.4 Å². The summed E-state index contributed by atoms with van der Waals surface area (Å²) in [5, 5.41) is 1.82. The van der Waals surface area contributed by atoms with Crippen LogP contribution < -0.4 is 0 Å². The lowest BCUT2D eigenvalue weighted by atomic mass is 9.95. The molecule has 1 aliphatic carbocycles. The van der Waals surface area contributed by atoms with Gasteiger partial charge in [0.25, 0.3) is 0 Å². The van der Waals surface area contributed by atoms with Crippen LogP contribution in [0.15, 0.2) is 48.9 Å². The maximum Gasteiger partial charge on any atom is 0.141 e. The van der Waals surface area contributed by atoms with Gasteiger partial charge in [-0.3, -0.25) is 14.8 Å². The number of fused-ring (bicyclic) bond motifs is 1. The second-order valence-electron chi connectivity index (χ2n) is 6.39. The predicted octanol–water partition coefficient (Wildman–Crippen LogP) is 5.54. The Kier molecular flexibility index (Phi) is 6.00. The molecule has 134 valence electrons. The lowest BCUT2D eigenvalue weighted by Crippen LogP contribution is -2.09. The number of ketones is 1. The molecule has 0 spiro atoms. The van der Waals surface area contributed by atoms with Crippen LogP contribution in [0.5, 0.6) is 0 Å². The third-order valence-corrected chi connectivity index (χ3v) is 4.69.